The molecule has 0 bridgehead atoms. The van der Waals surface area contributed by atoms with Crippen LogP contribution in [0.25, 0.3) is 0 Å². The first kappa shape index (κ1) is 18.6. The SMILES string of the molecule is COc1cn(CC(=O)Nc2cc(C)on2)c(CSc2ncccn2)cc1=O. The van der Waals surface area contributed by atoms with E-state index >= 15 is 0 Å². The molecule has 10 heteroatoms. The number of aryl methyl sites for hydroxylation is 1. The Morgan fingerprint density at radius 1 is 1.33 bits per heavy atom. The summed E-state index contributed by atoms with van der Waals surface area (Å²) in [4.78, 5) is 32.7. The highest BCUT2D eigenvalue weighted by molar-refractivity contribution is 7.98. The van der Waals surface area contributed by atoms with Crippen LogP contribution in [-0.2, 0) is 17.1 Å². The monoisotopic (exact) mass is 387 g/mol. The minimum atomic E-state index is -0.309. The van der Waals surface area contributed by atoms with Gasteiger partial charge in [0.2, 0.25) is 11.3 Å². The Bertz CT molecular complexity index is 986. The molecule has 1 amide bonds. The van der Waals surface area contributed by atoms with Gasteiger partial charge >= 0.3 is 0 Å². The van der Waals surface area contributed by atoms with Gasteiger partial charge in [-0.3, -0.25) is 9.59 Å². The van der Waals surface area contributed by atoms with Crippen molar-refractivity contribution in [3.8, 4) is 5.75 Å². The van der Waals surface area contributed by atoms with E-state index in [1.54, 1.807) is 36.0 Å². The third-order valence-electron chi connectivity index (χ3n) is 3.50. The van der Waals surface area contributed by atoms with E-state index in [1.165, 1.54) is 31.1 Å². The van der Waals surface area contributed by atoms with E-state index < -0.39 is 0 Å². The highest BCUT2D eigenvalue weighted by atomic mass is 32.2. The maximum atomic E-state index is 12.3. The summed E-state index contributed by atoms with van der Waals surface area (Å²) in [6.07, 6.45) is 4.80. The van der Waals surface area contributed by atoms with Gasteiger partial charge in [-0.15, -0.1) is 0 Å². The number of methoxy groups -OCH3 is 1. The molecule has 0 aliphatic rings. The molecule has 0 aliphatic heterocycles. The second-order valence-electron chi connectivity index (χ2n) is 5.52. The minimum absolute atomic E-state index is 0.0198. The Labute approximate surface area is 158 Å². The summed E-state index contributed by atoms with van der Waals surface area (Å²) in [7, 11) is 1.41. The first-order valence-corrected chi connectivity index (χ1v) is 8.94. The molecular weight excluding hydrogens is 370 g/mol. The van der Waals surface area contributed by atoms with E-state index in [4.69, 9.17) is 9.26 Å². The second kappa shape index (κ2) is 8.49. The molecule has 0 radical (unpaired) electrons. The fraction of sp³-hybridized carbons (Fsp3) is 0.235. The molecule has 3 aromatic heterocycles. The summed E-state index contributed by atoms with van der Waals surface area (Å²) in [5.41, 5.74) is 0.385. The number of nitrogens with one attached hydrogen (secondary N) is 1. The number of carbonyl (C=O) groups is 1. The van der Waals surface area contributed by atoms with Gasteiger partial charge in [0.1, 0.15) is 12.3 Å². The van der Waals surface area contributed by atoms with Gasteiger partial charge in [-0.05, 0) is 13.0 Å². The molecule has 0 saturated heterocycles. The number of amides is 1. The molecular formula is C17H17N5O4S. The molecule has 0 aromatic carbocycles. The average molecular weight is 387 g/mol. The van der Waals surface area contributed by atoms with Gasteiger partial charge in [-0.25, -0.2) is 9.97 Å². The number of ether oxygens (including phenoxy) is 1. The van der Waals surface area contributed by atoms with Crippen molar-refractivity contribution in [3.63, 3.8) is 0 Å². The fourth-order valence-electron chi connectivity index (χ4n) is 2.28. The van der Waals surface area contributed by atoms with Crippen molar-refractivity contribution in [2.45, 2.75) is 24.4 Å². The van der Waals surface area contributed by atoms with Gasteiger partial charge < -0.3 is 19.1 Å². The van der Waals surface area contributed by atoms with Gasteiger partial charge in [-0.2, -0.15) is 0 Å². The molecule has 3 aromatic rings. The van der Waals surface area contributed by atoms with Crippen molar-refractivity contribution in [1.29, 1.82) is 0 Å². The van der Waals surface area contributed by atoms with E-state index in [-0.39, 0.29) is 23.6 Å². The van der Waals surface area contributed by atoms with Crippen LogP contribution in [0.5, 0.6) is 5.75 Å². The number of rotatable bonds is 7. The van der Waals surface area contributed by atoms with Gasteiger partial charge in [0.25, 0.3) is 0 Å². The maximum absolute atomic E-state index is 12.3. The summed E-state index contributed by atoms with van der Waals surface area (Å²) in [6, 6.07) is 4.79. The normalized spacial score (nSPS) is 10.6. The Hall–Kier alpha value is -3.14. The van der Waals surface area contributed by atoms with Crippen molar-refractivity contribution in [1.82, 2.24) is 19.7 Å². The minimum Gasteiger partial charge on any atom is -0.491 e. The standard InChI is InChI=1S/C17H17N5O4S/c1-11-6-15(21-26-11)20-16(24)9-22-8-14(25-2)13(23)7-12(22)10-27-17-18-4-3-5-19-17/h3-8H,9-10H2,1-2H3,(H,20,21,24). The van der Waals surface area contributed by atoms with Crippen LogP contribution in [0, 0.1) is 6.92 Å². The lowest BCUT2D eigenvalue weighted by molar-refractivity contribution is -0.116. The van der Waals surface area contributed by atoms with E-state index in [0.717, 1.165) is 0 Å². The molecule has 0 unspecified atom stereocenters. The zero-order valence-electron chi connectivity index (χ0n) is 14.7. The molecule has 1 N–H and O–H groups in total. The Morgan fingerprint density at radius 3 is 2.78 bits per heavy atom. The second-order valence-corrected chi connectivity index (χ2v) is 6.46. The van der Waals surface area contributed by atoms with E-state index in [0.29, 0.717) is 28.2 Å². The quantitative estimate of drug-likeness (QED) is 0.483. The van der Waals surface area contributed by atoms with Crippen molar-refractivity contribution < 1.29 is 14.1 Å². The van der Waals surface area contributed by atoms with Crippen LogP contribution < -0.4 is 15.5 Å². The van der Waals surface area contributed by atoms with Gasteiger partial charge in [0.05, 0.1) is 13.3 Å². The van der Waals surface area contributed by atoms with Gasteiger partial charge in [0.15, 0.2) is 16.7 Å². The molecule has 0 spiro atoms. The molecule has 0 saturated carbocycles. The van der Waals surface area contributed by atoms with Crippen LogP contribution >= 0.6 is 11.8 Å². The topological polar surface area (TPSA) is 112 Å². The van der Waals surface area contributed by atoms with E-state index in [2.05, 4.69) is 20.4 Å². The van der Waals surface area contributed by atoms with Crippen molar-refractivity contribution in [2.75, 3.05) is 12.4 Å². The number of thioether (sulfide) groups is 1. The first-order valence-electron chi connectivity index (χ1n) is 7.95. The molecule has 3 rings (SSSR count). The Kier molecular flexibility index (Phi) is 5.87. The number of anilines is 1. The van der Waals surface area contributed by atoms with Crippen LogP contribution in [0.15, 0.2) is 51.3 Å². The summed E-state index contributed by atoms with van der Waals surface area (Å²) < 4.78 is 11.7. The number of hydrogen-bond acceptors (Lipinski definition) is 8. The molecule has 0 atom stereocenters. The maximum Gasteiger partial charge on any atom is 0.245 e. The van der Waals surface area contributed by atoms with Crippen LogP contribution in [0.2, 0.25) is 0 Å². The molecule has 0 fully saturated rings. The zero-order valence-corrected chi connectivity index (χ0v) is 15.5. The van der Waals surface area contributed by atoms with Crippen LogP contribution in [0.4, 0.5) is 5.82 Å². The fourth-order valence-corrected chi connectivity index (χ4v) is 3.08. The molecule has 140 valence electrons. The lowest BCUT2D eigenvalue weighted by Crippen LogP contribution is -2.23. The highest BCUT2D eigenvalue weighted by Gasteiger charge is 2.13. The van der Waals surface area contributed by atoms with Crippen LogP contribution in [0.1, 0.15) is 11.5 Å². The molecule has 9 nitrogen and oxygen atoms in total. The Balaban J connectivity index is 1.78. The largest absolute Gasteiger partial charge is 0.491 e. The number of aromatic nitrogens is 4. The number of pyridine rings is 1. The van der Waals surface area contributed by atoms with E-state index in [1.807, 2.05) is 0 Å². The number of nitrogens with zero attached hydrogens (tertiary/aromatic N) is 4. The molecule has 3 heterocycles. The average Bonchev–Trinajstić information content (AvgIpc) is 3.07. The number of hydrogen-bond donors (Lipinski definition) is 1. The summed E-state index contributed by atoms with van der Waals surface area (Å²) >= 11 is 1.36. The predicted octanol–water partition coefficient (Wildman–Crippen LogP) is 1.87. The lowest BCUT2D eigenvalue weighted by Gasteiger charge is -2.14. The summed E-state index contributed by atoms with van der Waals surface area (Å²) in [5, 5.41) is 6.96. The summed E-state index contributed by atoms with van der Waals surface area (Å²) in [6.45, 7) is 1.71. The highest BCUT2D eigenvalue weighted by Crippen LogP contribution is 2.19. The zero-order chi connectivity index (χ0) is 19.2. The van der Waals surface area contributed by atoms with Crippen molar-refractivity contribution >= 4 is 23.5 Å². The molecule has 27 heavy (non-hydrogen) atoms. The molecule has 0 aliphatic carbocycles. The Morgan fingerprint density at radius 2 is 2.11 bits per heavy atom. The van der Waals surface area contributed by atoms with Crippen LogP contribution in [0.3, 0.4) is 0 Å². The number of carbonyl (C=O) groups excluding carboxylic acids is 1. The van der Waals surface area contributed by atoms with Crippen LogP contribution in [-0.4, -0.2) is 32.7 Å². The predicted molar refractivity (Wildman–Crippen MR) is 98.7 cm³/mol. The first-order chi connectivity index (χ1) is 13.0. The van der Waals surface area contributed by atoms with E-state index in [9.17, 15) is 9.59 Å². The van der Waals surface area contributed by atoms with Crippen molar-refractivity contribution in [2.24, 2.45) is 0 Å². The third kappa shape index (κ3) is 4.94. The third-order valence-corrected chi connectivity index (χ3v) is 4.41. The smallest absolute Gasteiger partial charge is 0.245 e. The van der Waals surface area contributed by atoms with Gasteiger partial charge in [0, 0.05) is 36.0 Å². The summed E-state index contributed by atoms with van der Waals surface area (Å²) in [5.74, 6) is 1.19. The lowest BCUT2D eigenvalue weighted by atomic mass is 10.3. The van der Waals surface area contributed by atoms with Gasteiger partial charge in [-0.1, -0.05) is 16.9 Å². The van der Waals surface area contributed by atoms with Crippen molar-refractivity contribution in [3.05, 3.63) is 58.5 Å².